The molecule has 1 saturated heterocycles. The lowest BCUT2D eigenvalue weighted by molar-refractivity contribution is -0.124. The fourth-order valence-corrected chi connectivity index (χ4v) is 5.21. The zero-order chi connectivity index (χ0) is 23.6. The third-order valence-electron chi connectivity index (χ3n) is 7.49. The number of hydrogen-bond acceptors (Lipinski definition) is 5. The predicted octanol–water partition coefficient (Wildman–Crippen LogP) is 5.33. The molecule has 1 saturated carbocycles. The van der Waals surface area contributed by atoms with Crippen LogP contribution in [0, 0.1) is 17.3 Å². The molecule has 4 rings (SSSR count). The number of carbonyl (C=O) groups is 2. The Balaban J connectivity index is 1.70. The van der Waals surface area contributed by atoms with Crippen LogP contribution in [0.15, 0.2) is 12.3 Å². The minimum Gasteiger partial charge on any atom is -0.449 e. The zero-order valence-electron chi connectivity index (χ0n) is 20.1. The van der Waals surface area contributed by atoms with Crippen molar-refractivity contribution in [2.45, 2.75) is 84.6 Å². The van der Waals surface area contributed by atoms with E-state index in [1.807, 2.05) is 0 Å². The van der Waals surface area contributed by atoms with Crippen molar-refractivity contribution in [3.8, 4) is 5.75 Å². The quantitative estimate of drug-likeness (QED) is 0.598. The highest BCUT2D eigenvalue weighted by molar-refractivity contribution is 5.96. The summed E-state index contributed by atoms with van der Waals surface area (Å²) in [5.41, 5.74) is 1.25. The molecule has 1 aromatic heterocycles. The van der Waals surface area contributed by atoms with Crippen LogP contribution in [0.25, 0.3) is 5.70 Å². The molecule has 2 fully saturated rings. The summed E-state index contributed by atoms with van der Waals surface area (Å²) >= 11 is 0. The lowest BCUT2D eigenvalue weighted by Gasteiger charge is -2.36. The summed E-state index contributed by atoms with van der Waals surface area (Å²) in [5.74, 6) is 1.05. The zero-order valence-corrected chi connectivity index (χ0v) is 20.1. The molecule has 1 amide bonds. The number of nitrogens with zero attached hydrogens (tertiary/aromatic N) is 3. The number of rotatable bonds is 5. The molecule has 182 valence electrons. The van der Waals surface area contributed by atoms with Crippen LogP contribution in [-0.2, 0) is 9.53 Å². The van der Waals surface area contributed by atoms with Gasteiger partial charge in [0.15, 0.2) is 5.75 Å². The number of ether oxygens (including phenoxy) is 2. The van der Waals surface area contributed by atoms with Crippen LogP contribution >= 0.6 is 0 Å². The van der Waals surface area contributed by atoms with E-state index in [-0.39, 0.29) is 29.0 Å². The van der Waals surface area contributed by atoms with Crippen molar-refractivity contribution < 1.29 is 24.2 Å². The van der Waals surface area contributed by atoms with Crippen LogP contribution in [0.1, 0.15) is 78.6 Å². The second-order valence-electron chi connectivity index (χ2n) is 10.7. The standard InChI is InChI=1S/C25H37N3O5/c1-17-4-6-18(7-5-17)23(29)28(20-10-14-32-15-11-20)22-21(33-24(30)31)16-27(26-22)19-8-12-25(2,3)13-9-19/h8,16-18,20H,4-7,9-15H2,1-3H3,(H,30,31). The van der Waals surface area contributed by atoms with Crippen molar-refractivity contribution in [3.05, 3.63) is 12.3 Å². The van der Waals surface area contributed by atoms with Crippen molar-refractivity contribution in [1.29, 1.82) is 0 Å². The van der Waals surface area contributed by atoms with E-state index < -0.39 is 6.16 Å². The van der Waals surface area contributed by atoms with Gasteiger partial charge in [0, 0.05) is 30.9 Å². The highest BCUT2D eigenvalue weighted by Gasteiger charge is 2.37. The van der Waals surface area contributed by atoms with Crippen molar-refractivity contribution in [3.63, 3.8) is 0 Å². The van der Waals surface area contributed by atoms with Crippen LogP contribution < -0.4 is 9.64 Å². The maximum Gasteiger partial charge on any atom is 0.511 e. The van der Waals surface area contributed by atoms with Crippen LogP contribution in [-0.4, -0.2) is 46.2 Å². The number of amides is 1. The van der Waals surface area contributed by atoms with E-state index >= 15 is 0 Å². The highest BCUT2D eigenvalue weighted by Crippen LogP contribution is 2.39. The SMILES string of the molecule is CC1CCC(C(=O)N(c2nn(C3=CCC(C)(C)CC3)cc2OC(=O)O)C2CCOCC2)CC1. The molecule has 0 aromatic carbocycles. The normalized spacial score (nSPS) is 25.8. The molecule has 1 N–H and O–H groups in total. The first-order chi connectivity index (χ1) is 15.7. The monoisotopic (exact) mass is 459 g/mol. The molecule has 2 aliphatic carbocycles. The molecular formula is C25H37N3O5. The van der Waals surface area contributed by atoms with E-state index in [1.165, 1.54) is 0 Å². The van der Waals surface area contributed by atoms with E-state index in [2.05, 4.69) is 26.8 Å². The van der Waals surface area contributed by atoms with Gasteiger partial charge in [-0.25, -0.2) is 9.48 Å². The van der Waals surface area contributed by atoms with Gasteiger partial charge in [-0.05, 0) is 69.1 Å². The number of allylic oxidation sites excluding steroid dienone is 2. The average Bonchev–Trinajstić information content (AvgIpc) is 3.17. The van der Waals surface area contributed by atoms with E-state index in [9.17, 15) is 14.7 Å². The van der Waals surface area contributed by atoms with Crippen LogP contribution in [0.5, 0.6) is 5.75 Å². The largest absolute Gasteiger partial charge is 0.511 e. The molecule has 0 atom stereocenters. The van der Waals surface area contributed by atoms with Crippen LogP contribution in [0.2, 0.25) is 0 Å². The summed E-state index contributed by atoms with van der Waals surface area (Å²) in [4.78, 5) is 27.1. The summed E-state index contributed by atoms with van der Waals surface area (Å²) in [6, 6.07) is -0.0793. The summed E-state index contributed by atoms with van der Waals surface area (Å²) in [5, 5.41) is 14.2. The second-order valence-corrected chi connectivity index (χ2v) is 10.7. The Hall–Kier alpha value is -2.35. The lowest BCUT2D eigenvalue weighted by Crippen LogP contribution is -2.47. The second kappa shape index (κ2) is 9.87. The lowest BCUT2D eigenvalue weighted by atomic mass is 9.80. The van der Waals surface area contributed by atoms with Crippen molar-refractivity contribution in [1.82, 2.24) is 9.78 Å². The van der Waals surface area contributed by atoms with Gasteiger partial charge in [-0.2, -0.15) is 0 Å². The van der Waals surface area contributed by atoms with Gasteiger partial charge in [0.05, 0.1) is 6.20 Å². The summed E-state index contributed by atoms with van der Waals surface area (Å²) in [6.07, 6.45) is 10.3. The predicted molar refractivity (Wildman–Crippen MR) is 125 cm³/mol. The minimum absolute atomic E-state index is 0.0352. The Labute approximate surface area is 195 Å². The number of hydrogen-bond donors (Lipinski definition) is 1. The molecule has 1 aromatic rings. The molecule has 8 heteroatoms. The van der Waals surface area contributed by atoms with Gasteiger partial charge in [-0.3, -0.25) is 9.69 Å². The van der Waals surface area contributed by atoms with Gasteiger partial charge in [-0.15, -0.1) is 5.10 Å². The highest BCUT2D eigenvalue weighted by atomic mass is 16.7. The Morgan fingerprint density at radius 2 is 1.88 bits per heavy atom. The van der Waals surface area contributed by atoms with Crippen molar-refractivity contribution in [2.24, 2.45) is 17.3 Å². The van der Waals surface area contributed by atoms with E-state index in [1.54, 1.807) is 15.8 Å². The van der Waals surface area contributed by atoms with Gasteiger partial charge in [-0.1, -0.05) is 26.8 Å². The van der Waals surface area contributed by atoms with Gasteiger partial charge in [0.1, 0.15) is 0 Å². The fourth-order valence-electron chi connectivity index (χ4n) is 5.21. The van der Waals surface area contributed by atoms with Gasteiger partial charge in [0.2, 0.25) is 11.7 Å². The number of carbonyl (C=O) groups excluding carboxylic acids is 1. The molecular weight excluding hydrogens is 422 g/mol. The van der Waals surface area contributed by atoms with Crippen molar-refractivity contribution in [2.75, 3.05) is 18.1 Å². The van der Waals surface area contributed by atoms with Crippen LogP contribution in [0.3, 0.4) is 0 Å². The summed E-state index contributed by atoms with van der Waals surface area (Å²) < 4.78 is 12.4. The third kappa shape index (κ3) is 5.60. The van der Waals surface area contributed by atoms with E-state index in [0.717, 1.165) is 50.6 Å². The molecule has 0 radical (unpaired) electrons. The molecule has 0 unspecified atom stereocenters. The summed E-state index contributed by atoms with van der Waals surface area (Å²) in [7, 11) is 0. The molecule has 2 heterocycles. The van der Waals surface area contributed by atoms with E-state index in [0.29, 0.717) is 37.8 Å². The number of anilines is 1. The smallest absolute Gasteiger partial charge is 0.449 e. The Morgan fingerprint density at radius 3 is 2.48 bits per heavy atom. The Morgan fingerprint density at radius 1 is 1.18 bits per heavy atom. The maximum atomic E-state index is 13.8. The average molecular weight is 460 g/mol. The first kappa shape index (κ1) is 23.8. The molecule has 0 bridgehead atoms. The number of aromatic nitrogens is 2. The summed E-state index contributed by atoms with van der Waals surface area (Å²) in [6.45, 7) is 7.86. The molecule has 1 aliphatic heterocycles. The molecule has 0 spiro atoms. The van der Waals surface area contributed by atoms with Crippen LogP contribution in [0.4, 0.5) is 10.6 Å². The van der Waals surface area contributed by atoms with E-state index in [4.69, 9.17) is 14.6 Å². The topological polar surface area (TPSA) is 93.9 Å². The Kier molecular flexibility index (Phi) is 7.12. The maximum absolute atomic E-state index is 13.8. The van der Waals surface area contributed by atoms with Crippen molar-refractivity contribution >= 4 is 23.6 Å². The minimum atomic E-state index is -1.40. The first-order valence-electron chi connectivity index (χ1n) is 12.3. The van der Waals surface area contributed by atoms with Gasteiger partial charge >= 0.3 is 6.16 Å². The third-order valence-corrected chi connectivity index (χ3v) is 7.49. The molecule has 3 aliphatic rings. The molecule has 33 heavy (non-hydrogen) atoms. The van der Waals surface area contributed by atoms with Gasteiger partial charge in [0.25, 0.3) is 0 Å². The Bertz CT molecular complexity index is 892. The first-order valence-corrected chi connectivity index (χ1v) is 12.3. The van der Waals surface area contributed by atoms with Gasteiger partial charge < -0.3 is 14.6 Å². The fraction of sp³-hybridized carbons (Fsp3) is 0.720. The number of carboxylic acid groups (broad SMARTS) is 1. The molecule has 8 nitrogen and oxygen atoms in total.